The van der Waals surface area contributed by atoms with Gasteiger partial charge in [0.15, 0.2) is 5.78 Å². The van der Waals surface area contributed by atoms with E-state index in [0.717, 1.165) is 6.07 Å². The first-order valence-electron chi connectivity index (χ1n) is 6.31. The Labute approximate surface area is 117 Å². The monoisotopic (exact) mass is 280 g/mol. The molecule has 0 radical (unpaired) electrons. The lowest BCUT2D eigenvalue weighted by Crippen LogP contribution is -2.14. The van der Waals surface area contributed by atoms with Crippen LogP contribution in [0, 0.1) is 5.92 Å². The highest BCUT2D eigenvalue weighted by Gasteiger charge is 2.25. The highest BCUT2D eigenvalue weighted by molar-refractivity contribution is 6.03. The number of hydrogen-bond acceptors (Lipinski definition) is 5. The van der Waals surface area contributed by atoms with Crippen LogP contribution in [0.1, 0.15) is 36.7 Å². The molecule has 1 aromatic carbocycles. The molecule has 1 aromatic rings. The number of aliphatic hydroxyl groups is 1. The number of rotatable bonds is 5. The van der Waals surface area contributed by atoms with E-state index in [2.05, 4.69) is 6.58 Å². The molecule has 0 saturated heterocycles. The van der Waals surface area contributed by atoms with Gasteiger partial charge in [-0.05, 0) is 6.92 Å². The Hall–Kier alpha value is -2.01. The topological polar surface area (TPSA) is 98.0 Å². The van der Waals surface area contributed by atoms with Crippen molar-refractivity contribution < 1.29 is 25.2 Å². The SMILES string of the molecule is C=C(C)C(O)Cc1c(O)cc(O)c(C(=O)C(C)C)c1O. The smallest absolute Gasteiger partial charge is 0.172 e. The molecule has 1 unspecified atom stereocenters. The molecule has 0 aliphatic heterocycles. The third-order valence-electron chi connectivity index (χ3n) is 3.10. The van der Waals surface area contributed by atoms with Crippen molar-refractivity contribution in [1.82, 2.24) is 0 Å². The third-order valence-corrected chi connectivity index (χ3v) is 3.10. The number of Topliss-reactive ketones (excluding diaryl/α,β-unsaturated/α-hetero) is 1. The summed E-state index contributed by atoms with van der Waals surface area (Å²) >= 11 is 0. The zero-order valence-corrected chi connectivity index (χ0v) is 11.8. The molecule has 110 valence electrons. The average molecular weight is 280 g/mol. The van der Waals surface area contributed by atoms with Crippen molar-refractivity contribution in [2.24, 2.45) is 5.92 Å². The number of hydrogen-bond donors (Lipinski definition) is 4. The maximum atomic E-state index is 12.0. The Kier molecular flexibility index (Phi) is 4.78. The summed E-state index contributed by atoms with van der Waals surface area (Å²) < 4.78 is 0. The summed E-state index contributed by atoms with van der Waals surface area (Å²) in [5, 5.41) is 39.4. The minimum atomic E-state index is -0.960. The summed E-state index contributed by atoms with van der Waals surface area (Å²) in [6.07, 6.45) is -1.05. The van der Waals surface area contributed by atoms with Gasteiger partial charge in [-0.3, -0.25) is 4.79 Å². The van der Waals surface area contributed by atoms with Crippen molar-refractivity contribution in [3.63, 3.8) is 0 Å². The van der Waals surface area contributed by atoms with Gasteiger partial charge >= 0.3 is 0 Å². The molecule has 0 aliphatic carbocycles. The number of phenolic OH excluding ortho intramolecular Hbond substituents is 3. The molecular weight excluding hydrogens is 260 g/mol. The predicted molar refractivity (Wildman–Crippen MR) is 75.1 cm³/mol. The second-order valence-electron chi connectivity index (χ2n) is 5.20. The first kappa shape index (κ1) is 16.0. The van der Waals surface area contributed by atoms with Crippen molar-refractivity contribution in [3.8, 4) is 17.2 Å². The Morgan fingerprint density at radius 1 is 1.25 bits per heavy atom. The van der Waals surface area contributed by atoms with E-state index >= 15 is 0 Å². The fourth-order valence-corrected chi connectivity index (χ4v) is 1.78. The average Bonchev–Trinajstić information content (AvgIpc) is 2.33. The summed E-state index contributed by atoms with van der Waals surface area (Å²) in [5.74, 6) is -2.21. The second kappa shape index (κ2) is 5.96. The lowest BCUT2D eigenvalue weighted by molar-refractivity contribution is 0.0933. The molecule has 4 N–H and O–H groups in total. The van der Waals surface area contributed by atoms with E-state index in [1.807, 2.05) is 0 Å². The maximum Gasteiger partial charge on any atom is 0.172 e. The van der Waals surface area contributed by atoms with Crippen molar-refractivity contribution in [1.29, 1.82) is 0 Å². The van der Waals surface area contributed by atoms with Gasteiger partial charge in [0.05, 0.1) is 6.10 Å². The zero-order valence-electron chi connectivity index (χ0n) is 11.8. The Morgan fingerprint density at radius 3 is 2.25 bits per heavy atom. The largest absolute Gasteiger partial charge is 0.507 e. The quantitative estimate of drug-likeness (QED) is 0.489. The van der Waals surface area contributed by atoms with Gasteiger partial charge in [0.1, 0.15) is 22.8 Å². The summed E-state index contributed by atoms with van der Waals surface area (Å²) in [6.45, 7) is 8.47. The molecule has 20 heavy (non-hydrogen) atoms. The van der Waals surface area contributed by atoms with E-state index in [0.29, 0.717) is 5.57 Å². The lowest BCUT2D eigenvalue weighted by Gasteiger charge is -2.16. The van der Waals surface area contributed by atoms with Crippen LogP contribution in [0.25, 0.3) is 0 Å². The molecule has 0 aromatic heterocycles. The van der Waals surface area contributed by atoms with Crippen molar-refractivity contribution >= 4 is 5.78 Å². The minimum absolute atomic E-state index is 0.0160. The van der Waals surface area contributed by atoms with Gasteiger partial charge in [0.25, 0.3) is 0 Å². The van der Waals surface area contributed by atoms with E-state index in [-0.39, 0.29) is 23.3 Å². The zero-order chi connectivity index (χ0) is 15.6. The van der Waals surface area contributed by atoms with Crippen molar-refractivity contribution in [3.05, 3.63) is 29.3 Å². The van der Waals surface area contributed by atoms with Gasteiger partial charge < -0.3 is 20.4 Å². The molecule has 0 amide bonds. The van der Waals surface area contributed by atoms with Crippen LogP contribution in [0.3, 0.4) is 0 Å². The molecule has 5 nitrogen and oxygen atoms in total. The van der Waals surface area contributed by atoms with E-state index in [4.69, 9.17) is 0 Å². The molecule has 5 heteroatoms. The van der Waals surface area contributed by atoms with E-state index in [1.54, 1.807) is 20.8 Å². The fourth-order valence-electron chi connectivity index (χ4n) is 1.78. The highest BCUT2D eigenvalue weighted by Crippen LogP contribution is 2.39. The Bertz CT molecular complexity index is 546. The van der Waals surface area contributed by atoms with E-state index in [9.17, 15) is 25.2 Å². The fraction of sp³-hybridized carbons (Fsp3) is 0.400. The van der Waals surface area contributed by atoms with E-state index < -0.39 is 29.3 Å². The van der Waals surface area contributed by atoms with Gasteiger partial charge in [-0.2, -0.15) is 0 Å². The summed E-state index contributed by atoms with van der Waals surface area (Å²) in [6, 6.07) is 0.996. The number of phenols is 3. The van der Waals surface area contributed by atoms with Crippen LogP contribution in [0.4, 0.5) is 0 Å². The Balaban J connectivity index is 3.36. The molecule has 0 heterocycles. The van der Waals surface area contributed by atoms with Gasteiger partial charge in [-0.1, -0.05) is 26.0 Å². The van der Waals surface area contributed by atoms with Crippen LogP contribution in [-0.4, -0.2) is 32.3 Å². The van der Waals surface area contributed by atoms with Crippen LogP contribution >= 0.6 is 0 Å². The number of benzene rings is 1. The van der Waals surface area contributed by atoms with Gasteiger partial charge in [0.2, 0.25) is 0 Å². The second-order valence-corrected chi connectivity index (χ2v) is 5.20. The minimum Gasteiger partial charge on any atom is -0.507 e. The van der Waals surface area contributed by atoms with Crippen LogP contribution in [0.15, 0.2) is 18.2 Å². The number of ketones is 1. The number of carbonyl (C=O) groups excluding carboxylic acids is 1. The molecule has 0 spiro atoms. The van der Waals surface area contributed by atoms with Gasteiger partial charge in [-0.15, -0.1) is 0 Å². The van der Waals surface area contributed by atoms with Crippen LogP contribution < -0.4 is 0 Å². The van der Waals surface area contributed by atoms with Crippen LogP contribution in [0.2, 0.25) is 0 Å². The van der Waals surface area contributed by atoms with Crippen molar-refractivity contribution in [2.45, 2.75) is 33.3 Å². The lowest BCUT2D eigenvalue weighted by atomic mass is 9.93. The van der Waals surface area contributed by atoms with E-state index in [1.165, 1.54) is 0 Å². The molecule has 0 saturated carbocycles. The first-order valence-corrected chi connectivity index (χ1v) is 6.31. The highest BCUT2D eigenvalue weighted by atomic mass is 16.3. The molecule has 0 bridgehead atoms. The molecule has 1 atom stereocenters. The number of carbonyl (C=O) groups is 1. The molecular formula is C15H20O5. The predicted octanol–water partition coefficient (Wildman–Crippen LogP) is 2.12. The van der Waals surface area contributed by atoms with Crippen LogP contribution in [-0.2, 0) is 6.42 Å². The number of aromatic hydroxyl groups is 3. The first-order chi connectivity index (χ1) is 9.16. The maximum absolute atomic E-state index is 12.0. The molecule has 0 aliphatic rings. The summed E-state index contributed by atoms with van der Waals surface area (Å²) in [4.78, 5) is 12.0. The Morgan fingerprint density at radius 2 is 1.80 bits per heavy atom. The standard InChI is InChI=1S/C15H20O5/c1-7(2)10(16)5-9-11(17)6-12(18)13(15(9)20)14(19)8(3)4/h6,8,10,16-18,20H,1,5H2,2-4H3. The van der Waals surface area contributed by atoms with Crippen LogP contribution in [0.5, 0.6) is 17.2 Å². The number of aliphatic hydroxyl groups excluding tert-OH is 1. The third kappa shape index (κ3) is 3.11. The molecule has 1 rings (SSSR count). The molecule has 0 fully saturated rings. The van der Waals surface area contributed by atoms with Gasteiger partial charge in [-0.25, -0.2) is 0 Å². The summed E-state index contributed by atoms with van der Waals surface area (Å²) in [7, 11) is 0. The van der Waals surface area contributed by atoms with Gasteiger partial charge in [0, 0.05) is 24.0 Å². The summed E-state index contributed by atoms with van der Waals surface area (Å²) in [5.41, 5.74) is 0.248. The normalized spacial score (nSPS) is 12.4. The van der Waals surface area contributed by atoms with Crippen molar-refractivity contribution in [2.75, 3.05) is 0 Å².